The molecule has 0 saturated heterocycles. The van der Waals surface area contributed by atoms with Crippen LogP contribution >= 0.6 is 40.3 Å². The highest BCUT2D eigenvalue weighted by atomic mass is 79.9. The van der Waals surface area contributed by atoms with Crippen LogP contribution in [-0.2, 0) is 9.53 Å². The first kappa shape index (κ1) is 18.8. The van der Waals surface area contributed by atoms with Crippen LogP contribution in [0.5, 0.6) is 0 Å². The highest BCUT2D eigenvalue weighted by Gasteiger charge is 2.23. The quantitative estimate of drug-likeness (QED) is 0.722. The third-order valence-electron chi connectivity index (χ3n) is 3.47. The Balaban J connectivity index is 0.00000208. The Morgan fingerprint density at radius 2 is 2.04 bits per heavy atom. The molecule has 24 heavy (non-hydrogen) atoms. The average molecular weight is 428 g/mol. The molecule has 0 aromatic heterocycles. The molecule has 0 saturated carbocycles. The molecule has 0 aliphatic carbocycles. The van der Waals surface area contributed by atoms with Gasteiger partial charge in [-0.1, -0.05) is 53.7 Å². The molecule has 3 rings (SSSR count). The summed E-state index contributed by atoms with van der Waals surface area (Å²) in [4.78, 5) is 16.1. The van der Waals surface area contributed by atoms with Gasteiger partial charge in [0.15, 0.2) is 5.17 Å². The molecule has 1 unspecified atom stereocenters. The van der Waals surface area contributed by atoms with Crippen molar-refractivity contribution in [1.29, 1.82) is 0 Å². The molecule has 1 aliphatic rings. The van der Waals surface area contributed by atoms with Crippen molar-refractivity contribution in [2.24, 2.45) is 4.99 Å². The van der Waals surface area contributed by atoms with Gasteiger partial charge >= 0.3 is 5.97 Å². The van der Waals surface area contributed by atoms with Gasteiger partial charge in [0, 0.05) is 16.3 Å². The lowest BCUT2D eigenvalue weighted by Crippen LogP contribution is -2.20. The smallest absolute Gasteiger partial charge is 0.316 e. The molecular formula is C17H16BrClN2O2S. The fraction of sp³-hybridized carbons (Fsp3) is 0.176. The Morgan fingerprint density at radius 1 is 1.29 bits per heavy atom. The van der Waals surface area contributed by atoms with Crippen molar-refractivity contribution < 1.29 is 9.53 Å². The molecule has 1 atom stereocenters. The molecule has 7 heteroatoms. The third-order valence-corrected chi connectivity index (χ3v) is 4.56. The number of esters is 1. The second-order valence-corrected chi connectivity index (χ2v) is 6.37. The van der Waals surface area contributed by atoms with E-state index in [0.29, 0.717) is 10.2 Å². The van der Waals surface area contributed by atoms with E-state index in [0.717, 1.165) is 16.8 Å². The van der Waals surface area contributed by atoms with Gasteiger partial charge in [0.1, 0.15) is 6.04 Å². The number of anilines is 1. The summed E-state index contributed by atoms with van der Waals surface area (Å²) in [5.74, 6) is -0.0649. The summed E-state index contributed by atoms with van der Waals surface area (Å²) in [6, 6.07) is 15.6. The highest BCUT2D eigenvalue weighted by Crippen LogP contribution is 2.37. The van der Waals surface area contributed by atoms with Crippen LogP contribution in [0.2, 0.25) is 5.02 Å². The summed E-state index contributed by atoms with van der Waals surface area (Å²) < 4.78 is 4.68. The van der Waals surface area contributed by atoms with Crippen LogP contribution in [-0.4, -0.2) is 24.0 Å². The first-order chi connectivity index (χ1) is 11.2. The van der Waals surface area contributed by atoms with E-state index in [-0.39, 0.29) is 34.7 Å². The van der Waals surface area contributed by atoms with Gasteiger partial charge in [-0.25, -0.2) is 4.99 Å². The van der Waals surface area contributed by atoms with Crippen LogP contribution in [0.15, 0.2) is 53.5 Å². The van der Waals surface area contributed by atoms with Gasteiger partial charge in [-0.3, -0.25) is 4.79 Å². The molecule has 1 aliphatic heterocycles. The van der Waals surface area contributed by atoms with Gasteiger partial charge in [0.05, 0.1) is 12.9 Å². The lowest BCUT2D eigenvalue weighted by molar-refractivity contribution is -0.137. The van der Waals surface area contributed by atoms with E-state index in [9.17, 15) is 4.79 Å². The molecule has 126 valence electrons. The Morgan fingerprint density at radius 3 is 2.75 bits per heavy atom. The zero-order chi connectivity index (χ0) is 16.2. The van der Waals surface area contributed by atoms with Crippen molar-refractivity contribution in [2.45, 2.75) is 6.04 Å². The molecule has 2 aromatic carbocycles. The van der Waals surface area contributed by atoms with Crippen molar-refractivity contribution in [3.8, 4) is 0 Å². The number of ether oxygens (including phenoxy) is 1. The number of rotatable bonds is 3. The van der Waals surface area contributed by atoms with Gasteiger partial charge in [-0.2, -0.15) is 0 Å². The number of benzene rings is 2. The van der Waals surface area contributed by atoms with Crippen LogP contribution in [0.3, 0.4) is 0 Å². The second kappa shape index (κ2) is 8.55. The summed E-state index contributed by atoms with van der Waals surface area (Å²) >= 11 is 7.47. The maximum absolute atomic E-state index is 11.4. The van der Waals surface area contributed by atoms with Crippen LogP contribution in [0.1, 0.15) is 17.2 Å². The first-order valence-electron chi connectivity index (χ1n) is 7.06. The molecule has 1 N–H and O–H groups in total. The number of fused-ring (bicyclic) bond motifs is 1. The fourth-order valence-electron chi connectivity index (χ4n) is 2.36. The number of halogens is 2. The Labute approximate surface area is 160 Å². The summed E-state index contributed by atoms with van der Waals surface area (Å²) in [7, 11) is 1.38. The molecule has 1 heterocycles. The van der Waals surface area contributed by atoms with E-state index in [1.54, 1.807) is 0 Å². The summed E-state index contributed by atoms with van der Waals surface area (Å²) in [6.07, 6.45) is 0. The summed E-state index contributed by atoms with van der Waals surface area (Å²) in [5.41, 5.74) is 3.05. The van der Waals surface area contributed by atoms with E-state index in [4.69, 9.17) is 16.6 Å². The summed E-state index contributed by atoms with van der Waals surface area (Å²) in [5, 5.41) is 4.62. The molecule has 0 radical (unpaired) electrons. The van der Waals surface area contributed by atoms with Gasteiger partial charge in [-0.15, -0.1) is 17.0 Å². The standard InChI is InChI=1S/C17H15ClN2O2S.BrH/c1-22-15(21)10-23-17-19-14-8-7-12(18)9-13(14)16(20-17)11-5-3-2-4-6-11;/h2-9,16H,10H2,1H3,(H,19,20);1H. The minimum absolute atomic E-state index is 0. The number of hydrogen-bond acceptors (Lipinski definition) is 5. The number of carbonyl (C=O) groups excluding carboxylic acids is 1. The van der Waals surface area contributed by atoms with Crippen LogP contribution in [0.25, 0.3) is 0 Å². The lowest BCUT2D eigenvalue weighted by Gasteiger charge is -2.25. The van der Waals surface area contributed by atoms with E-state index in [2.05, 4.69) is 10.1 Å². The Bertz CT molecular complexity index is 756. The number of methoxy groups -OCH3 is 1. The number of hydrogen-bond donors (Lipinski definition) is 1. The van der Waals surface area contributed by atoms with Crippen molar-refractivity contribution in [3.05, 3.63) is 64.7 Å². The maximum Gasteiger partial charge on any atom is 0.316 e. The minimum atomic E-state index is -0.280. The highest BCUT2D eigenvalue weighted by molar-refractivity contribution is 8.93. The van der Waals surface area contributed by atoms with Crippen LogP contribution < -0.4 is 5.32 Å². The van der Waals surface area contributed by atoms with E-state index in [1.165, 1.54) is 18.9 Å². The van der Waals surface area contributed by atoms with Gasteiger partial charge in [0.25, 0.3) is 0 Å². The molecule has 0 bridgehead atoms. The van der Waals surface area contributed by atoms with E-state index >= 15 is 0 Å². The van der Waals surface area contributed by atoms with Crippen molar-refractivity contribution in [3.63, 3.8) is 0 Å². The predicted octanol–water partition coefficient (Wildman–Crippen LogP) is 4.70. The van der Waals surface area contributed by atoms with E-state index in [1.807, 2.05) is 48.5 Å². The monoisotopic (exact) mass is 426 g/mol. The van der Waals surface area contributed by atoms with E-state index < -0.39 is 0 Å². The van der Waals surface area contributed by atoms with Crippen molar-refractivity contribution >= 4 is 57.2 Å². The van der Waals surface area contributed by atoms with Crippen LogP contribution in [0.4, 0.5) is 5.69 Å². The Kier molecular flexibility index (Phi) is 6.71. The van der Waals surface area contributed by atoms with Gasteiger partial charge < -0.3 is 10.1 Å². The van der Waals surface area contributed by atoms with Crippen LogP contribution in [0, 0.1) is 0 Å². The summed E-state index contributed by atoms with van der Waals surface area (Å²) in [6.45, 7) is 0. The SMILES string of the molecule is Br.COC(=O)CSC1=NC(c2ccccc2)c2cc(Cl)ccc2N1. The van der Waals surface area contributed by atoms with Gasteiger partial charge in [0.2, 0.25) is 0 Å². The topological polar surface area (TPSA) is 50.7 Å². The maximum atomic E-state index is 11.4. The molecular weight excluding hydrogens is 412 g/mol. The molecule has 0 amide bonds. The normalized spacial score (nSPS) is 15.4. The molecule has 2 aromatic rings. The predicted molar refractivity (Wildman–Crippen MR) is 106 cm³/mol. The zero-order valence-electron chi connectivity index (χ0n) is 12.9. The average Bonchev–Trinajstić information content (AvgIpc) is 2.59. The van der Waals surface area contributed by atoms with Gasteiger partial charge in [-0.05, 0) is 23.8 Å². The largest absolute Gasteiger partial charge is 0.468 e. The Hall–Kier alpha value is -1.50. The number of nitrogens with zero attached hydrogens (tertiary/aromatic N) is 1. The molecule has 4 nitrogen and oxygen atoms in total. The number of thioether (sulfide) groups is 1. The lowest BCUT2D eigenvalue weighted by atomic mass is 9.97. The molecule has 0 fully saturated rings. The third kappa shape index (κ3) is 4.32. The van der Waals surface area contributed by atoms with Crippen molar-refractivity contribution in [2.75, 3.05) is 18.2 Å². The molecule has 0 spiro atoms. The number of amidine groups is 1. The fourth-order valence-corrected chi connectivity index (χ4v) is 3.27. The zero-order valence-corrected chi connectivity index (χ0v) is 16.1. The first-order valence-corrected chi connectivity index (χ1v) is 8.42. The number of aliphatic imine (C=N–C) groups is 1. The number of carbonyl (C=O) groups is 1. The number of nitrogens with one attached hydrogen (secondary N) is 1. The minimum Gasteiger partial charge on any atom is -0.468 e. The second-order valence-electron chi connectivity index (χ2n) is 4.97. The van der Waals surface area contributed by atoms with Crippen molar-refractivity contribution in [1.82, 2.24) is 0 Å².